The Morgan fingerprint density at radius 3 is 1.07 bits per heavy atom. The number of ether oxygens (including phenoxy) is 2. The maximum atomic E-state index is 13.0. The molecule has 0 atom stereocenters. The third-order valence-corrected chi connectivity index (χ3v) is 11.8. The first kappa shape index (κ1) is 58.2. The van der Waals surface area contributed by atoms with Crippen LogP contribution in [0.4, 0.5) is 0 Å². The summed E-state index contributed by atoms with van der Waals surface area (Å²) in [7, 11) is -4.82. The summed E-state index contributed by atoms with van der Waals surface area (Å²) in [6.07, 6.45) is 50.8. The van der Waals surface area contributed by atoms with Crippen molar-refractivity contribution >= 4 is 22.1 Å². The SMILES string of the molecule is CCC/C=C/CCCCCCCCCCCCCCCCOC(=O)c1ccc(S(=O)(=O)[O-])cc1C(=O)OCCCCCCCCCCCCCCCC/C=C/CCC.[K+]. The summed E-state index contributed by atoms with van der Waals surface area (Å²) >= 11 is 0. The second-order valence-electron chi connectivity index (χ2n) is 16.4. The maximum Gasteiger partial charge on any atom is 1.00 e. The van der Waals surface area contributed by atoms with E-state index < -0.39 is 27.0 Å². The Kier molecular flexibility index (Phi) is 41.9. The number of esters is 2. The van der Waals surface area contributed by atoms with E-state index in [0.29, 0.717) is 12.8 Å². The van der Waals surface area contributed by atoms with Gasteiger partial charge in [-0.1, -0.05) is 205 Å². The van der Waals surface area contributed by atoms with Gasteiger partial charge in [0.2, 0.25) is 0 Å². The number of rotatable bonds is 41. The van der Waals surface area contributed by atoms with E-state index in [1.165, 1.54) is 179 Å². The van der Waals surface area contributed by atoms with Crippen molar-refractivity contribution in [1.29, 1.82) is 0 Å². The minimum absolute atomic E-state index is 0. The Bertz CT molecular complexity index is 1310. The molecule has 59 heavy (non-hydrogen) atoms. The van der Waals surface area contributed by atoms with Crippen molar-refractivity contribution in [2.75, 3.05) is 13.2 Å². The summed E-state index contributed by atoms with van der Waals surface area (Å²) in [6, 6.07) is 3.15. The van der Waals surface area contributed by atoms with Crippen LogP contribution in [-0.2, 0) is 19.6 Å². The van der Waals surface area contributed by atoms with Gasteiger partial charge in [0.15, 0.2) is 0 Å². The van der Waals surface area contributed by atoms with E-state index in [9.17, 15) is 22.6 Å². The van der Waals surface area contributed by atoms with Gasteiger partial charge in [0.1, 0.15) is 10.1 Å². The van der Waals surface area contributed by atoms with Gasteiger partial charge in [-0.25, -0.2) is 18.0 Å². The Morgan fingerprint density at radius 2 is 0.746 bits per heavy atom. The van der Waals surface area contributed by atoms with Crippen molar-refractivity contribution in [2.45, 2.75) is 237 Å². The molecule has 0 aliphatic rings. The standard InChI is InChI=1S/C50H86O7S.K/c1-3-5-7-9-11-13-15-17-19-21-23-25-27-29-31-33-35-37-39-43-56-49(51)47-42-41-46(58(53,54)55)45-48(47)50(52)57-44-40-38-36-34-32-30-28-26-24-22-20-18-16-14-12-10-8-6-4-2;/h7-10,41-42,45H,3-6,11-40,43-44H2,1-2H3,(H,53,54,55);/q;+1/p-1/b9-7+,10-8+;. The molecule has 0 spiro atoms. The predicted molar refractivity (Wildman–Crippen MR) is 242 cm³/mol. The zero-order valence-electron chi connectivity index (χ0n) is 38.3. The molecule has 0 aromatic heterocycles. The molecule has 9 heteroatoms. The first-order valence-electron chi connectivity index (χ1n) is 24.0. The van der Waals surface area contributed by atoms with Crippen LogP contribution in [0.5, 0.6) is 0 Å². The van der Waals surface area contributed by atoms with Crippen LogP contribution in [0.2, 0.25) is 0 Å². The van der Waals surface area contributed by atoms with Crippen LogP contribution >= 0.6 is 0 Å². The molecule has 0 amide bonds. The molecule has 0 radical (unpaired) electrons. The fourth-order valence-electron chi connectivity index (χ4n) is 7.29. The molecule has 0 aliphatic carbocycles. The van der Waals surface area contributed by atoms with Crippen molar-refractivity contribution in [3.05, 3.63) is 53.6 Å². The molecule has 0 fully saturated rings. The quantitative estimate of drug-likeness (QED) is 0.0212. The number of hydrogen-bond donors (Lipinski definition) is 0. The molecule has 0 saturated carbocycles. The fraction of sp³-hybridized carbons (Fsp3) is 0.760. The van der Waals surface area contributed by atoms with Crippen LogP contribution < -0.4 is 51.4 Å². The number of hydrogen-bond acceptors (Lipinski definition) is 7. The molecule has 0 N–H and O–H groups in total. The summed E-state index contributed by atoms with van der Waals surface area (Å²) in [5, 5.41) is 0. The normalized spacial score (nSPS) is 11.7. The summed E-state index contributed by atoms with van der Waals surface area (Å²) < 4.78 is 45.9. The van der Waals surface area contributed by atoms with E-state index in [0.717, 1.165) is 44.2 Å². The van der Waals surface area contributed by atoms with E-state index in [2.05, 4.69) is 38.2 Å². The van der Waals surface area contributed by atoms with Crippen molar-refractivity contribution in [3.8, 4) is 0 Å². The van der Waals surface area contributed by atoms with Crippen LogP contribution in [0.25, 0.3) is 0 Å². The molecule has 1 aromatic rings. The van der Waals surface area contributed by atoms with Crippen molar-refractivity contribution in [3.63, 3.8) is 0 Å². The molecule has 7 nitrogen and oxygen atoms in total. The molecule has 0 unspecified atom stereocenters. The topological polar surface area (TPSA) is 110 Å². The van der Waals surface area contributed by atoms with E-state index in [-0.39, 0.29) is 75.7 Å². The first-order chi connectivity index (χ1) is 28.3. The van der Waals surface area contributed by atoms with Gasteiger partial charge in [-0.2, -0.15) is 0 Å². The number of benzene rings is 1. The summed E-state index contributed by atoms with van der Waals surface area (Å²) in [6.45, 7) is 4.81. The van der Waals surface area contributed by atoms with Gasteiger partial charge in [-0.05, 0) is 69.6 Å². The molecule has 0 saturated heterocycles. The van der Waals surface area contributed by atoms with E-state index >= 15 is 0 Å². The van der Waals surface area contributed by atoms with Crippen molar-refractivity contribution < 1.29 is 83.4 Å². The van der Waals surface area contributed by atoms with E-state index in [4.69, 9.17) is 9.47 Å². The zero-order chi connectivity index (χ0) is 42.2. The van der Waals surface area contributed by atoms with Crippen LogP contribution in [-0.4, -0.2) is 38.1 Å². The van der Waals surface area contributed by atoms with Gasteiger partial charge in [0.25, 0.3) is 0 Å². The largest absolute Gasteiger partial charge is 1.00 e. The predicted octanol–water partition coefficient (Wildman–Crippen LogP) is 12.3. The van der Waals surface area contributed by atoms with Crippen LogP contribution in [0.3, 0.4) is 0 Å². The van der Waals surface area contributed by atoms with Gasteiger partial charge in [-0.15, -0.1) is 0 Å². The Morgan fingerprint density at radius 1 is 0.458 bits per heavy atom. The van der Waals surface area contributed by atoms with Crippen molar-refractivity contribution in [1.82, 2.24) is 0 Å². The van der Waals surface area contributed by atoms with E-state index in [1.54, 1.807) is 0 Å². The molecule has 1 aromatic carbocycles. The minimum Gasteiger partial charge on any atom is -0.744 e. The third-order valence-electron chi connectivity index (χ3n) is 11.0. The molecule has 1 rings (SSSR count). The van der Waals surface area contributed by atoms with Crippen LogP contribution in [0.1, 0.15) is 253 Å². The Hall–Kier alpha value is -0.814. The zero-order valence-corrected chi connectivity index (χ0v) is 42.2. The first-order valence-corrected chi connectivity index (χ1v) is 25.5. The summed E-state index contributed by atoms with van der Waals surface area (Å²) in [5.41, 5.74) is -0.332. The fourth-order valence-corrected chi connectivity index (χ4v) is 7.78. The van der Waals surface area contributed by atoms with Gasteiger partial charge < -0.3 is 14.0 Å². The molecule has 0 bridgehead atoms. The Labute approximate surface area is 405 Å². The molecule has 0 heterocycles. The van der Waals surface area contributed by atoms with Crippen molar-refractivity contribution in [2.24, 2.45) is 0 Å². The third kappa shape index (κ3) is 35.4. The average Bonchev–Trinajstić information content (AvgIpc) is 3.21. The van der Waals surface area contributed by atoms with E-state index in [1.807, 2.05) is 0 Å². The van der Waals surface area contributed by atoms with Gasteiger partial charge >= 0.3 is 63.3 Å². The van der Waals surface area contributed by atoms with Gasteiger partial charge in [0.05, 0.1) is 29.2 Å². The number of allylic oxidation sites excluding steroid dienone is 4. The average molecular weight is 869 g/mol. The number of unbranched alkanes of at least 4 members (excludes halogenated alkanes) is 30. The molecular weight excluding hydrogens is 784 g/mol. The van der Waals surface area contributed by atoms with Gasteiger partial charge in [0, 0.05) is 0 Å². The smallest absolute Gasteiger partial charge is 0.744 e. The molecular formula is C50H85KO7S. The number of carbonyl (C=O) groups is 2. The monoisotopic (exact) mass is 869 g/mol. The minimum atomic E-state index is -4.82. The number of carbonyl (C=O) groups excluding carboxylic acids is 2. The summed E-state index contributed by atoms with van der Waals surface area (Å²) in [5.74, 6) is -1.54. The maximum absolute atomic E-state index is 13.0. The molecule has 334 valence electrons. The van der Waals surface area contributed by atoms with Crippen LogP contribution in [0.15, 0.2) is 47.4 Å². The molecule has 0 aliphatic heterocycles. The van der Waals surface area contributed by atoms with Crippen LogP contribution in [0, 0.1) is 0 Å². The Balaban J connectivity index is 0.0000336. The summed E-state index contributed by atoms with van der Waals surface area (Å²) in [4.78, 5) is 25.3. The second kappa shape index (κ2) is 42.5. The van der Waals surface area contributed by atoms with Gasteiger partial charge in [-0.3, -0.25) is 0 Å². The second-order valence-corrected chi connectivity index (χ2v) is 17.8.